The molecular formula is C12H14F3N5. The maximum atomic E-state index is 12.8. The average Bonchev–Trinajstić information content (AvgIpc) is 2.79. The first-order chi connectivity index (χ1) is 9.45. The lowest BCUT2D eigenvalue weighted by atomic mass is 9.97. The van der Waals surface area contributed by atoms with Gasteiger partial charge in [-0.05, 0) is 31.9 Å². The van der Waals surface area contributed by atoms with Gasteiger partial charge in [0.05, 0.1) is 5.92 Å². The highest BCUT2D eigenvalue weighted by Gasteiger charge is 2.42. The van der Waals surface area contributed by atoms with E-state index in [9.17, 15) is 13.2 Å². The van der Waals surface area contributed by atoms with Crippen molar-refractivity contribution in [2.75, 3.05) is 18.0 Å². The number of hydrogen-bond acceptors (Lipinski definition) is 4. The van der Waals surface area contributed by atoms with E-state index in [1.165, 1.54) is 0 Å². The van der Waals surface area contributed by atoms with E-state index in [2.05, 4.69) is 15.3 Å². The number of alkyl halides is 3. The van der Waals surface area contributed by atoms with E-state index in [4.69, 9.17) is 0 Å². The van der Waals surface area contributed by atoms with Gasteiger partial charge in [0.1, 0.15) is 5.82 Å². The molecule has 8 heteroatoms. The minimum Gasteiger partial charge on any atom is -0.355 e. The zero-order valence-corrected chi connectivity index (χ0v) is 10.9. The summed E-state index contributed by atoms with van der Waals surface area (Å²) in [5.41, 5.74) is 0.593. The fraction of sp³-hybridized carbons (Fsp3) is 0.583. The summed E-state index contributed by atoms with van der Waals surface area (Å²) in [5.74, 6) is -0.128. The normalized spacial score (nSPS) is 20.6. The van der Waals surface area contributed by atoms with E-state index >= 15 is 0 Å². The molecule has 0 amide bonds. The third-order valence-corrected chi connectivity index (χ3v) is 3.61. The van der Waals surface area contributed by atoms with Crippen LogP contribution in [0.3, 0.4) is 0 Å². The van der Waals surface area contributed by atoms with Crippen molar-refractivity contribution < 1.29 is 13.2 Å². The van der Waals surface area contributed by atoms with Gasteiger partial charge in [0.15, 0.2) is 11.5 Å². The monoisotopic (exact) mass is 285 g/mol. The summed E-state index contributed by atoms with van der Waals surface area (Å²) < 4.78 is 40.0. The number of nitrogens with zero attached hydrogens (tertiary/aromatic N) is 5. The van der Waals surface area contributed by atoms with Crippen molar-refractivity contribution in [3.05, 3.63) is 18.0 Å². The van der Waals surface area contributed by atoms with Crippen molar-refractivity contribution in [1.29, 1.82) is 0 Å². The molecule has 108 valence electrons. The van der Waals surface area contributed by atoms with Crippen molar-refractivity contribution in [3.63, 3.8) is 0 Å². The van der Waals surface area contributed by atoms with Crippen molar-refractivity contribution in [1.82, 2.24) is 19.8 Å². The van der Waals surface area contributed by atoms with Gasteiger partial charge in [-0.2, -0.15) is 17.7 Å². The molecule has 0 spiro atoms. The Hall–Kier alpha value is -1.86. The summed E-state index contributed by atoms with van der Waals surface area (Å²) >= 11 is 0. The van der Waals surface area contributed by atoms with Gasteiger partial charge >= 0.3 is 6.18 Å². The summed E-state index contributed by atoms with van der Waals surface area (Å²) in [5, 5.41) is 12.1. The van der Waals surface area contributed by atoms with Crippen LogP contribution in [0.2, 0.25) is 0 Å². The van der Waals surface area contributed by atoms with Crippen molar-refractivity contribution in [2.45, 2.75) is 25.9 Å². The molecule has 0 radical (unpaired) electrons. The van der Waals surface area contributed by atoms with Gasteiger partial charge in [-0.3, -0.25) is 0 Å². The SMILES string of the molecule is Cc1nnc2ccc(N3CCC[C@H](C(F)(F)F)C3)nn12. The molecule has 2 aromatic rings. The number of fused-ring (bicyclic) bond motifs is 1. The second-order valence-electron chi connectivity index (χ2n) is 5.04. The van der Waals surface area contributed by atoms with Gasteiger partial charge < -0.3 is 4.90 Å². The number of aromatic nitrogens is 4. The Bertz CT molecular complexity index is 621. The van der Waals surface area contributed by atoms with Crippen LogP contribution in [0.15, 0.2) is 12.1 Å². The molecule has 2 aromatic heterocycles. The molecule has 20 heavy (non-hydrogen) atoms. The molecule has 1 saturated heterocycles. The van der Waals surface area contributed by atoms with Crippen molar-refractivity contribution in [3.8, 4) is 0 Å². The van der Waals surface area contributed by atoms with Crippen molar-refractivity contribution >= 4 is 11.5 Å². The highest BCUT2D eigenvalue weighted by molar-refractivity contribution is 5.46. The Morgan fingerprint density at radius 2 is 2.05 bits per heavy atom. The smallest absolute Gasteiger partial charge is 0.355 e. The molecule has 3 rings (SSSR count). The predicted molar refractivity (Wildman–Crippen MR) is 66.5 cm³/mol. The Balaban J connectivity index is 1.88. The quantitative estimate of drug-likeness (QED) is 0.806. The van der Waals surface area contributed by atoms with Crippen LogP contribution in [0.4, 0.5) is 19.0 Å². The molecule has 0 unspecified atom stereocenters. The lowest BCUT2D eigenvalue weighted by molar-refractivity contribution is -0.176. The molecule has 0 N–H and O–H groups in total. The highest BCUT2D eigenvalue weighted by atomic mass is 19.4. The first kappa shape index (κ1) is 13.1. The Kier molecular flexibility index (Phi) is 3.02. The highest BCUT2D eigenvalue weighted by Crippen LogP contribution is 2.34. The molecule has 1 aliphatic rings. The van der Waals surface area contributed by atoms with Gasteiger partial charge in [-0.1, -0.05) is 0 Å². The Labute approximate surface area is 113 Å². The molecule has 5 nitrogen and oxygen atoms in total. The van der Waals surface area contributed by atoms with Gasteiger partial charge in [-0.25, -0.2) is 0 Å². The Morgan fingerprint density at radius 1 is 1.25 bits per heavy atom. The van der Waals surface area contributed by atoms with Crippen LogP contribution in [0.1, 0.15) is 18.7 Å². The van der Waals surface area contributed by atoms with Gasteiger partial charge in [0.25, 0.3) is 0 Å². The molecule has 0 saturated carbocycles. The fourth-order valence-corrected chi connectivity index (χ4v) is 2.51. The van der Waals surface area contributed by atoms with Crippen LogP contribution < -0.4 is 4.90 Å². The molecular weight excluding hydrogens is 271 g/mol. The van der Waals surface area contributed by atoms with Gasteiger partial charge in [0, 0.05) is 13.1 Å². The number of aryl methyl sites for hydroxylation is 1. The number of halogens is 3. The minimum absolute atomic E-state index is 0.0385. The van der Waals surface area contributed by atoms with E-state index < -0.39 is 12.1 Å². The molecule has 0 bridgehead atoms. The number of piperidine rings is 1. The van der Waals surface area contributed by atoms with E-state index in [-0.39, 0.29) is 13.0 Å². The van der Waals surface area contributed by atoms with Crippen molar-refractivity contribution in [2.24, 2.45) is 5.92 Å². The van der Waals surface area contributed by atoms with Crippen LogP contribution in [-0.2, 0) is 0 Å². The van der Waals surface area contributed by atoms with Crippen LogP contribution in [0.5, 0.6) is 0 Å². The predicted octanol–water partition coefficient (Wildman–Crippen LogP) is 2.21. The lowest BCUT2D eigenvalue weighted by Crippen LogP contribution is -2.42. The van der Waals surface area contributed by atoms with Gasteiger partial charge in [-0.15, -0.1) is 15.3 Å². The average molecular weight is 285 g/mol. The van der Waals surface area contributed by atoms with E-state index in [1.54, 1.807) is 28.5 Å². The molecule has 1 atom stereocenters. The molecule has 1 aliphatic heterocycles. The van der Waals surface area contributed by atoms with E-state index in [0.29, 0.717) is 30.3 Å². The molecule has 1 fully saturated rings. The van der Waals surface area contributed by atoms with Gasteiger partial charge in [0.2, 0.25) is 0 Å². The second-order valence-corrected chi connectivity index (χ2v) is 5.04. The second kappa shape index (κ2) is 4.60. The summed E-state index contributed by atoms with van der Waals surface area (Å²) in [4.78, 5) is 1.68. The Morgan fingerprint density at radius 3 is 2.80 bits per heavy atom. The maximum absolute atomic E-state index is 12.8. The molecule has 3 heterocycles. The number of rotatable bonds is 1. The third kappa shape index (κ3) is 2.30. The topological polar surface area (TPSA) is 46.3 Å². The molecule has 0 aromatic carbocycles. The maximum Gasteiger partial charge on any atom is 0.393 e. The third-order valence-electron chi connectivity index (χ3n) is 3.61. The summed E-state index contributed by atoms with van der Waals surface area (Å²) in [6.45, 7) is 2.31. The first-order valence-corrected chi connectivity index (χ1v) is 6.46. The zero-order valence-electron chi connectivity index (χ0n) is 10.9. The van der Waals surface area contributed by atoms with Crippen LogP contribution in [0.25, 0.3) is 5.65 Å². The van der Waals surface area contributed by atoms with Crippen LogP contribution in [-0.4, -0.2) is 39.1 Å². The van der Waals surface area contributed by atoms with E-state index in [0.717, 1.165) is 0 Å². The standard InChI is InChI=1S/C12H14F3N5/c1-8-16-17-10-4-5-11(18-20(8)10)19-6-2-3-9(7-19)12(13,14)15/h4-5,9H,2-3,6-7H2,1H3/t9-/m0/s1. The summed E-state index contributed by atoms with van der Waals surface area (Å²) in [6.07, 6.45) is -3.44. The van der Waals surface area contributed by atoms with Crippen LogP contribution >= 0.6 is 0 Å². The molecule has 0 aliphatic carbocycles. The van der Waals surface area contributed by atoms with Crippen LogP contribution in [0, 0.1) is 12.8 Å². The van der Waals surface area contributed by atoms with E-state index in [1.807, 2.05) is 0 Å². The first-order valence-electron chi connectivity index (χ1n) is 6.46. The fourth-order valence-electron chi connectivity index (χ4n) is 2.51. The number of hydrogen-bond donors (Lipinski definition) is 0. The summed E-state index contributed by atoms with van der Waals surface area (Å²) in [6, 6.07) is 3.42. The zero-order chi connectivity index (χ0) is 14.3. The lowest BCUT2D eigenvalue weighted by Gasteiger charge is -2.34. The summed E-state index contributed by atoms with van der Waals surface area (Å²) in [7, 11) is 0. The minimum atomic E-state index is -4.14. The number of anilines is 1. The largest absolute Gasteiger partial charge is 0.393 e.